The molecular formula is C17H16ClF3N2O3S. The zero-order valence-corrected chi connectivity index (χ0v) is 15.9. The average Bonchev–Trinajstić information content (AvgIpc) is 2.58. The largest absolute Gasteiger partial charge is 0.416 e. The molecule has 0 aliphatic heterocycles. The van der Waals surface area contributed by atoms with E-state index in [1.165, 1.54) is 11.9 Å². The molecule has 146 valence electrons. The molecule has 0 saturated carbocycles. The standard InChI is InChI=1S/C17H16ClF3N2O3S/c1-22(13-6-4-3-5-7-13)16(24)11-23(27(2,25)26)15-10-12(17(19,20)21)8-9-14(15)18/h3-10H,11H2,1-2H3. The van der Waals surface area contributed by atoms with Gasteiger partial charge in [-0.1, -0.05) is 29.8 Å². The molecule has 0 fully saturated rings. The van der Waals surface area contributed by atoms with Crippen LogP contribution in [0, 0.1) is 0 Å². The van der Waals surface area contributed by atoms with Crippen molar-refractivity contribution in [3.05, 3.63) is 59.1 Å². The number of nitrogens with zero attached hydrogens (tertiary/aromatic N) is 2. The first-order valence-corrected chi connectivity index (χ1v) is 9.80. The minimum Gasteiger partial charge on any atom is -0.314 e. The molecule has 2 aromatic rings. The van der Waals surface area contributed by atoms with Crippen molar-refractivity contribution in [1.29, 1.82) is 0 Å². The number of hydrogen-bond acceptors (Lipinski definition) is 3. The molecule has 0 saturated heterocycles. The number of para-hydroxylation sites is 1. The second kappa shape index (κ2) is 7.77. The summed E-state index contributed by atoms with van der Waals surface area (Å²) in [6.07, 6.45) is -3.90. The van der Waals surface area contributed by atoms with Crippen molar-refractivity contribution >= 4 is 38.9 Å². The molecule has 1 amide bonds. The minimum atomic E-state index is -4.69. The van der Waals surface area contributed by atoms with Gasteiger partial charge in [0.2, 0.25) is 15.9 Å². The van der Waals surface area contributed by atoms with Gasteiger partial charge < -0.3 is 4.90 Å². The lowest BCUT2D eigenvalue weighted by Crippen LogP contribution is -2.41. The Morgan fingerprint density at radius 2 is 1.70 bits per heavy atom. The lowest BCUT2D eigenvalue weighted by atomic mass is 10.2. The number of halogens is 4. The summed E-state index contributed by atoms with van der Waals surface area (Å²) in [7, 11) is -2.64. The van der Waals surface area contributed by atoms with Crippen LogP contribution in [0.2, 0.25) is 5.02 Å². The first-order chi connectivity index (χ1) is 12.4. The van der Waals surface area contributed by atoms with E-state index in [4.69, 9.17) is 11.6 Å². The van der Waals surface area contributed by atoms with Crippen molar-refractivity contribution in [3.63, 3.8) is 0 Å². The molecule has 0 bridgehead atoms. The Labute approximate surface area is 160 Å². The molecule has 0 unspecified atom stereocenters. The molecule has 5 nitrogen and oxygen atoms in total. The van der Waals surface area contributed by atoms with E-state index in [-0.39, 0.29) is 5.02 Å². The third-order valence-electron chi connectivity index (χ3n) is 3.74. The van der Waals surface area contributed by atoms with Crippen LogP contribution in [0.3, 0.4) is 0 Å². The molecular weight excluding hydrogens is 405 g/mol. The van der Waals surface area contributed by atoms with Crippen molar-refractivity contribution < 1.29 is 26.4 Å². The summed E-state index contributed by atoms with van der Waals surface area (Å²) >= 11 is 5.93. The third kappa shape index (κ3) is 5.14. The lowest BCUT2D eigenvalue weighted by molar-refractivity contribution is -0.137. The van der Waals surface area contributed by atoms with Crippen LogP contribution in [-0.4, -0.2) is 34.2 Å². The van der Waals surface area contributed by atoms with Gasteiger partial charge in [-0.05, 0) is 30.3 Å². The monoisotopic (exact) mass is 420 g/mol. The summed E-state index contributed by atoms with van der Waals surface area (Å²) < 4.78 is 63.8. The molecule has 0 atom stereocenters. The summed E-state index contributed by atoms with van der Waals surface area (Å²) in [5.41, 5.74) is -0.977. The molecule has 2 rings (SSSR count). The zero-order valence-electron chi connectivity index (χ0n) is 14.4. The SMILES string of the molecule is CN(C(=O)CN(c1cc(C(F)(F)F)ccc1Cl)S(C)(=O)=O)c1ccccc1. The topological polar surface area (TPSA) is 57.7 Å². The van der Waals surface area contributed by atoms with Gasteiger partial charge in [-0.25, -0.2) is 8.42 Å². The minimum absolute atomic E-state index is 0.219. The van der Waals surface area contributed by atoms with Gasteiger partial charge in [-0.15, -0.1) is 0 Å². The van der Waals surface area contributed by atoms with Gasteiger partial charge in [0.05, 0.1) is 22.5 Å². The fourth-order valence-corrected chi connectivity index (χ4v) is 3.41. The van der Waals surface area contributed by atoms with E-state index in [2.05, 4.69) is 0 Å². The Morgan fingerprint density at radius 1 is 1.11 bits per heavy atom. The molecule has 27 heavy (non-hydrogen) atoms. The Kier molecular flexibility index (Phi) is 6.06. The van der Waals surface area contributed by atoms with Crippen LogP contribution in [0.15, 0.2) is 48.5 Å². The number of hydrogen-bond donors (Lipinski definition) is 0. The fraction of sp³-hybridized carbons (Fsp3) is 0.235. The van der Waals surface area contributed by atoms with Crippen molar-refractivity contribution in [2.75, 3.05) is 29.1 Å². The van der Waals surface area contributed by atoms with Crippen molar-refractivity contribution in [2.45, 2.75) is 6.18 Å². The van der Waals surface area contributed by atoms with Crippen LogP contribution in [0.1, 0.15) is 5.56 Å². The Morgan fingerprint density at radius 3 is 2.22 bits per heavy atom. The number of sulfonamides is 1. The van der Waals surface area contributed by atoms with Gasteiger partial charge in [0.15, 0.2) is 0 Å². The maximum Gasteiger partial charge on any atom is 0.416 e. The van der Waals surface area contributed by atoms with E-state index >= 15 is 0 Å². The molecule has 0 radical (unpaired) electrons. The number of carbonyl (C=O) groups is 1. The molecule has 10 heteroatoms. The van der Waals surface area contributed by atoms with Crippen molar-refractivity contribution in [3.8, 4) is 0 Å². The Hall–Kier alpha value is -2.26. The second-order valence-corrected chi connectivity index (χ2v) is 8.04. The normalized spacial score (nSPS) is 11.9. The quantitative estimate of drug-likeness (QED) is 0.739. The Bertz CT molecular complexity index is 934. The first-order valence-electron chi connectivity index (χ1n) is 7.57. The fourth-order valence-electron chi connectivity index (χ4n) is 2.29. The third-order valence-corrected chi connectivity index (χ3v) is 5.19. The van der Waals surface area contributed by atoms with Gasteiger partial charge >= 0.3 is 6.18 Å². The van der Waals surface area contributed by atoms with E-state index in [0.29, 0.717) is 16.1 Å². The average molecular weight is 421 g/mol. The lowest BCUT2D eigenvalue weighted by Gasteiger charge is -2.26. The predicted octanol–water partition coefficient (Wildman–Crippen LogP) is 3.79. The van der Waals surface area contributed by atoms with Gasteiger partial charge in [0.1, 0.15) is 6.54 Å². The number of rotatable bonds is 5. The molecule has 0 aromatic heterocycles. The predicted molar refractivity (Wildman–Crippen MR) is 98.5 cm³/mol. The van der Waals surface area contributed by atoms with Gasteiger partial charge in [0, 0.05) is 12.7 Å². The van der Waals surface area contributed by atoms with Gasteiger partial charge in [-0.2, -0.15) is 13.2 Å². The summed E-state index contributed by atoms with van der Waals surface area (Å²) in [6, 6.07) is 10.7. The maximum atomic E-state index is 13.0. The zero-order chi connectivity index (χ0) is 20.4. The smallest absolute Gasteiger partial charge is 0.314 e. The van der Waals surface area contributed by atoms with Crippen LogP contribution in [0.25, 0.3) is 0 Å². The highest BCUT2D eigenvalue weighted by atomic mass is 35.5. The second-order valence-electron chi connectivity index (χ2n) is 5.72. The molecule has 2 aromatic carbocycles. The summed E-state index contributed by atoms with van der Waals surface area (Å²) in [5.74, 6) is -0.639. The summed E-state index contributed by atoms with van der Waals surface area (Å²) in [4.78, 5) is 13.7. The van der Waals surface area contributed by atoms with E-state index < -0.39 is 39.9 Å². The molecule has 0 aliphatic carbocycles. The molecule has 0 N–H and O–H groups in total. The summed E-state index contributed by atoms with van der Waals surface area (Å²) in [6.45, 7) is -0.703. The first kappa shape index (κ1) is 21.0. The van der Waals surface area contributed by atoms with Crippen molar-refractivity contribution in [2.24, 2.45) is 0 Å². The maximum absolute atomic E-state index is 13.0. The van der Waals surface area contributed by atoms with E-state index in [9.17, 15) is 26.4 Å². The number of carbonyl (C=O) groups excluding carboxylic acids is 1. The number of amides is 1. The van der Waals surface area contributed by atoms with Gasteiger partial charge in [0.25, 0.3) is 0 Å². The molecule has 0 spiro atoms. The van der Waals surface area contributed by atoms with E-state index in [1.54, 1.807) is 30.3 Å². The van der Waals surface area contributed by atoms with Crippen LogP contribution < -0.4 is 9.21 Å². The summed E-state index contributed by atoms with van der Waals surface area (Å²) in [5, 5.41) is -0.219. The number of likely N-dealkylation sites (N-methyl/N-ethyl adjacent to an activating group) is 1. The van der Waals surface area contributed by atoms with Gasteiger partial charge in [-0.3, -0.25) is 9.10 Å². The highest BCUT2D eigenvalue weighted by molar-refractivity contribution is 7.92. The van der Waals surface area contributed by atoms with E-state index in [0.717, 1.165) is 18.4 Å². The number of benzene rings is 2. The highest BCUT2D eigenvalue weighted by Gasteiger charge is 2.33. The molecule has 0 aliphatic rings. The number of alkyl halides is 3. The van der Waals surface area contributed by atoms with Crippen LogP contribution in [0.4, 0.5) is 24.5 Å². The molecule has 0 heterocycles. The van der Waals surface area contributed by atoms with Crippen LogP contribution in [0.5, 0.6) is 0 Å². The van der Waals surface area contributed by atoms with Crippen LogP contribution in [-0.2, 0) is 21.0 Å². The van der Waals surface area contributed by atoms with E-state index in [1.807, 2.05) is 0 Å². The van der Waals surface area contributed by atoms with Crippen molar-refractivity contribution in [1.82, 2.24) is 0 Å². The number of anilines is 2. The van der Waals surface area contributed by atoms with Crippen LogP contribution >= 0.6 is 11.6 Å². The Balaban J connectivity index is 2.42. The highest BCUT2D eigenvalue weighted by Crippen LogP contribution is 2.36.